The number of hydrogen-bond donors (Lipinski definition) is 2. The van der Waals surface area contributed by atoms with Crippen LogP contribution in [0.4, 0.5) is 0 Å². The zero-order chi connectivity index (χ0) is 11.2. The molecular weight excluding hydrogens is 204 g/mol. The van der Waals surface area contributed by atoms with Crippen LogP contribution in [0.5, 0.6) is 0 Å². The Kier molecular flexibility index (Phi) is 6.26. The first-order valence-electron chi connectivity index (χ1n) is 4.73. The van der Waals surface area contributed by atoms with Crippen molar-refractivity contribution in [1.29, 1.82) is 0 Å². The lowest BCUT2D eigenvalue weighted by Gasteiger charge is -2.22. The highest BCUT2D eigenvalue weighted by molar-refractivity contribution is 7.89. The Bertz CT molecular complexity index is 241. The zero-order valence-electron chi connectivity index (χ0n) is 9.02. The van der Waals surface area contributed by atoms with Gasteiger partial charge in [0, 0.05) is 19.6 Å². The van der Waals surface area contributed by atoms with Gasteiger partial charge in [0.1, 0.15) is 0 Å². The lowest BCUT2D eigenvalue weighted by Crippen LogP contribution is -2.40. The van der Waals surface area contributed by atoms with Crippen molar-refractivity contribution in [3.8, 4) is 0 Å². The molecule has 0 aliphatic rings. The number of nitrogens with zero attached hydrogens (tertiary/aromatic N) is 1. The van der Waals surface area contributed by atoms with Gasteiger partial charge in [0.2, 0.25) is 10.0 Å². The standard InChI is InChI=1S/C8H20N2O3S/c1-4-9-5-6-14(12,13)10(3)8(2)7-11/h8-9,11H,4-7H2,1-3H3. The van der Waals surface area contributed by atoms with Gasteiger partial charge in [-0.3, -0.25) is 0 Å². The van der Waals surface area contributed by atoms with Crippen LogP contribution in [0.2, 0.25) is 0 Å². The molecule has 0 aromatic rings. The van der Waals surface area contributed by atoms with Crippen LogP contribution in [0.1, 0.15) is 13.8 Å². The largest absolute Gasteiger partial charge is 0.395 e. The van der Waals surface area contributed by atoms with Gasteiger partial charge < -0.3 is 10.4 Å². The maximum atomic E-state index is 11.6. The maximum Gasteiger partial charge on any atom is 0.215 e. The molecule has 14 heavy (non-hydrogen) atoms. The average molecular weight is 224 g/mol. The van der Waals surface area contributed by atoms with Crippen molar-refractivity contribution in [2.24, 2.45) is 0 Å². The summed E-state index contributed by atoms with van der Waals surface area (Å²) in [6, 6.07) is -0.360. The van der Waals surface area contributed by atoms with Crippen LogP contribution in [0.3, 0.4) is 0 Å². The second kappa shape index (κ2) is 6.34. The molecular formula is C8H20N2O3S. The molecule has 1 unspecified atom stereocenters. The predicted octanol–water partition coefficient (Wildman–Crippen LogP) is -0.762. The first-order chi connectivity index (χ1) is 6.45. The number of nitrogens with one attached hydrogen (secondary N) is 1. The highest BCUT2D eigenvalue weighted by atomic mass is 32.2. The number of aliphatic hydroxyl groups is 1. The molecule has 0 bridgehead atoms. The lowest BCUT2D eigenvalue weighted by atomic mass is 10.4. The highest BCUT2D eigenvalue weighted by Gasteiger charge is 2.21. The van der Waals surface area contributed by atoms with E-state index in [4.69, 9.17) is 5.11 Å². The topological polar surface area (TPSA) is 69.6 Å². The monoisotopic (exact) mass is 224 g/mol. The van der Waals surface area contributed by atoms with E-state index < -0.39 is 10.0 Å². The van der Waals surface area contributed by atoms with Crippen molar-refractivity contribution in [3.05, 3.63) is 0 Å². The van der Waals surface area contributed by atoms with Gasteiger partial charge in [0.15, 0.2) is 0 Å². The molecule has 0 aliphatic heterocycles. The summed E-state index contributed by atoms with van der Waals surface area (Å²) >= 11 is 0. The van der Waals surface area contributed by atoms with E-state index in [0.29, 0.717) is 6.54 Å². The van der Waals surface area contributed by atoms with Crippen LogP contribution in [0.25, 0.3) is 0 Å². The summed E-state index contributed by atoms with van der Waals surface area (Å²) in [6.07, 6.45) is 0. The van der Waals surface area contributed by atoms with Gasteiger partial charge in [0.05, 0.1) is 12.4 Å². The quantitative estimate of drug-likeness (QED) is 0.558. The van der Waals surface area contributed by atoms with Gasteiger partial charge in [-0.25, -0.2) is 8.42 Å². The molecule has 0 aromatic carbocycles. The molecule has 6 heteroatoms. The Hall–Kier alpha value is -0.170. The van der Waals surface area contributed by atoms with Gasteiger partial charge in [-0.15, -0.1) is 0 Å². The summed E-state index contributed by atoms with van der Waals surface area (Å²) in [6.45, 7) is 4.64. The normalized spacial score (nSPS) is 14.6. The van der Waals surface area contributed by atoms with Gasteiger partial charge >= 0.3 is 0 Å². The van der Waals surface area contributed by atoms with Crippen molar-refractivity contribution in [2.45, 2.75) is 19.9 Å². The van der Waals surface area contributed by atoms with E-state index in [1.165, 1.54) is 11.4 Å². The minimum Gasteiger partial charge on any atom is -0.395 e. The van der Waals surface area contributed by atoms with Gasteiger partial charge in [-0.05, 0) is 13.5 Å². The molecule has 0 saturated carbocycles. The van der Waals surface area contributed by atoms with Crippen LogP contribution >= 0.6 is 0 Å². The maximum absolute atomic E-state index is 11.6. The fourth-order valence-corrected chi connectivity index (χ4v) is 2.22. The van der Waals surface area contributed by atoms with E-state index in [1.54, 1.807) is 6.92 Å². The highest BCUT2D eigenvalue weighted by Crippen LogP contribution is 2.03. The predicted molar refractivity (Wildman–Crippen MR) is 56.6 cm³/mol. The molecule has 0 aliphatic carbocycles. The summed E-state index contributed by atoms with van der Waals surface area (Å²) in [5, 5.41) is 11.8. The fourth-order valence-electron chi connectivity index (χ4n) is 0.911. The van der Waals surface area contributed by atoms with Crippen LogP contribution in [-0.2, 0) is 10.0 Å². The molecule has 86 valence electrons. The second-order valence-corrected chi connectivity index (χ2v) is 5.37. The Morgan fingerprint density at radius 1 is 1.50 bits per heavy atom. The van der Waals surface area contributed by atoms with E-state index in [9.17, 15) is 8.42 Å². The van der Waals surface area contributed by atoms with Crippen molar-refractivity contribution in [2.75, 3.05) is 32.5 Å². The van der Waals surface area contributed by atoms with E-state index in [-0.39, 0.29) is 18.4 Å². The Morgan fingerprint density at radius 3 is 2.50 bits per heavy atom. The molecule has 0 rings (SSSR count). The molecule has 0 amide bonds. The van der Waals surface area contributed by atoms with Crippen LogP contribution in [0.15, 0.2) is 0 Å². The zero-order valence-corrected chi connectivity index (χ0v) is 9.84. The molecule has 5 nitrogen and oxygen atoms in total. The SMILES string of the molecule is CCNCCS(=O)(=O)N(C)C(C)CO. The van der Waals surface area contributed by atoms with Crippen molar-refractivity contribution in [3.63, 3.8) is 0 Å². The fraction of sp³-hybridized carbons (Fsp3) is 1.00. The van der Waals surface area contributed by atoms with Crippen molar-refractivity contribution >= 4 is 10.0 Å². The van der Waals surface area contributed by atoms with E-state index >= 15 is 0 Å². The molecule has 0 fully saturated rings. The van der Waals surface area contributed by atoms with E-state index in [0.717, 1.165) is 6.54 Å². The molecule has 0 saturated heterocycles. The first kappa shape index (κ1) is 13.8. The second-order valence-electron chi connectivity index (χ2n) is 3.22. The average Bonchev–Trinajstić information content (AvgIpc) is 2.15. The third-order valence-electron chi connectivity index (χ3n) is 2.11. The molecule has 0 radical (unpaired) electrons. The molecule has 2 N–H and O–H groups in total. The number of sulfonamides is 1. The van der Waals surface area contributed by atoms with Crippen molar-refractivity contribution in [1.82, 2.24) is 9.62 Å². The van der Waals surface area contributed by atoms with Gasteiger partial charge in [0.25, 0.3) is 0 Å². The lowest BCUT2D eigenvalue weighted by molar-refractivity contribution is 0.214. The van der Waals surface area contributed by atoms with E-state index in [2.05, 4.69) is 5.32 Å². The molecule has 0 heterocycles. The minimum atomic E-state index is -3.23. The summed E-state index contributed by atoms with van der Waals surface area (Å²) in [7, 11) is -1.74. The first-order valence-corrected chi connectivity index (χ1v) is 6.34. The van der Waals surface area contributed by atoms with Crippen LogP contribution in [-0.4, -0.2) is 56.4 Å². The summed E-state index contributed by atoms with van der Waals surface area (Å²) in [4.78, 5) is 0. The number of hydrogen-bond acceptors (Lipinski definition) is 4. The minimum absolute atomic E-state index is 0.0711. The summed E-state index contributed by atoms with van der Waals surface area (Å²) in [5.41, 5.74) is 0. The van der Waals surface area contributed by atoms with Gasteiger partial charge in [-0.2, -0.15) is 4.31 Å². The smallest absolute Gasteiger partial charge is 0.215 e. The summed E-state index contributed by atoms with van der Waals surface area (Å²) in [5.74, 6) is 0.0711. The molecule has 1 atom stereocenters. The number of rotatable bonds is 7. The third-order valence-corrected chi connectivity index (χ3v) is 4.07. The summed E-state index contributed by atoms with van der Waals surface area (Å²) < 4.78 is 24.4. The van der Waals surface area contributed by atoms with Crippen LogP contribution < -0.4 is 5.32 Å². The Balaban J connectivity index is 4.17. The third kappa shape index (κ3) is 4.36. The van der Waals surface area contributed by atoms with Crippen molar-refractivity contribution < 1.29 is 13.5 Å². The van der Waals surface area contributed by atoms with E-state index in [1.807, 2.05) is 6.92 Å². The van der Waals surface area contributed by atoms with Gasteiger partial charge in [-0.1, -0.05) is 6.92 Å². The Morgan fingerprint density at radius 2 is 2.07 bits per heavy atom. The van der Waals surface area contributed by atoms with Crippen LogP contribution in [0, 0.1) is 0 Å². The number of aliphatic hydroxyl groups excluding tert-OH is 1. The molecule has 0 spiro atoms. The Labute approximate surface area is 86.2 Å². The number of likely N-dealkylation sites (N-methyl/N-ethyl adjacent to an activating group) is 1. The molecule has 0 aromatic heterocycles.